The highest BCUT2D eigenvalue weighted by molar-refractivity contribution is 5.15. The van der Waals surface area contributed by atoms with Gasteiger partial charge >= 0.3 is 0 Å². The Bertz CT molecular complexity index is 465. The van der Waals surface area contributed by atoms with Gasteiger partial charge in [-0.15, -0.1) is 0 Å². The Morgan fingerprint density at radius 1 is 1.09 bits per heavy atom. The minimum atomic E-state index is -1.50. The van der Waals surface area contributed by atoms with Crippen LogP contribution in [-0.4, -0.2) is 75.1 Å². The van der Waals surface area contributed by atoms with E-state index in [2.05, 4.69) is 0 Å². The first-order chi connectivity index (χ1) is 10.9. The number of ether oxygens (including phenoxy) is 2. The zero-order chi connectivity index (χ0) is 17.0. The van der Waals surface area contributed by atoms with E-state index in [4.69, 9.17) is 9.47 Å². The number of hydrogen-bond acceptors (Lipinski definition) is 7. The maximum Gasteiger partial charge on any atom is 0.187 e. The number of hydrogen-bond donors (Lipinski definition) is 5. The molecule has 7 atom stereocenters. The summed E-state index contributed by atoms with van der Waals surface area (Å²) in [7, 11) is 0. The van der Waals surface area contributed by atoms with E-state index in [-0.39, 0.29) is 0 Å². The molecule has 1 saturated heterocycles. The van der Waals surface area contributed by atoms with Gasteiger partial charge in [-0.05, 0) is 12.5 Å². The number of benzene rings is 1. The predicted octanol–water partition coefficient (Wildman–Crippen LogP) is -1.21. The maximum atomic E-state index is 9.99. The normalized spacial score (nSPS) is 34.1. The van der Waals surface area contributed by atoms with E-state index < -0.39 is 49.5 Å². The van der Waals surface area contributed by atoms with Crippen LogP contribution in [0, 0.1) is 0 Å². The summed E-state index contributed by atoms with van der Waals surface area (Å²) in [5, 5.41) is 48.6. The van der Waals surface area contributed by atoms with Gasteiger partial charge in [0.25, 0.3) is 0 Å². The average molecular weight is 328 g/mol. The minimum Gasteiger partial charge on any atom is -0.394 e. The molecule has 1 fully saturated rings. The molecular weight excluding hydrogens is 304 g/mol. The molecule has 23 heavy (non-hydrogen) atoms. The molecule has 1 aliphatic heterocycles. The van der Waals surface area contributed by atoms with E-state index in [0.29, 0.717) is 6.42 Å². The molecule has 0 radical (unpaired) electrons. The summed E-state index contributed by atoms with van der Waals surface area (Å²) in [4.78, 5) is 0. The van der Waals surface area contributed by atoms with E-state index in [1.165, 1.54) is 0 Å². The predicted molar refractivity (Wildman–Crippen MR) is 80.5 cm³/mol. The average Bonchev–Trinajstić information content (AvgIpc) is 2.55. The Morgan fingerprint density at radius 2 is 1.74 bits per heavy atom. The molecule has 0 unspecified atom stereocenters. The van der Waals surface area contributed by atoms with Crippen LogP contribution in [0.15, 0.2) is 30.3 Å². The molecule has 130 valence electrons. The van der Waals surface area contributed by atoms with Gasteiger partial charge in [0.2, 0.25) is 0 Å². The van der Waals surface area contributed by atoms with Crippen LogP contribution >= 0.6 is 0 Å². The van der Waals surface area contributed by atoms with Gasteiger partial charge in [0, 0.05) is 6.42 Å². The second kappa shape index (κ2) is 8.16. The number of rotatable bonds is 6. The first-order valence-corrected chi connectivity index (χ1v) is 7.62. The molecule has 7 heteroatoms. The summed E-state index contributed by atoms with van der Waals surface area (Å²) in [5.41, 5.74) is 0.933. The monoisotopic (exact) mass is 328 g/mol. The first-order valence-electron chi connectivity index (χ1n) is 7.62. The van der Waals surface area contributed by atoms with Crippen molar-refractivity contribution in [2.75, 3.05) is 6.61 Å². The van der Waals surface area contributed by atoms with Crippen molar-refractivity contribution in [1.82, 2.24) is 0 Å². The SMILES string of the molecule is C[C@H](O)[C@H](Cc1ccccc1)O[C@@H]1O[C@H](CO)[C@@H](O)[C@H](O)[C@H]1O. The molecule has 1 heterocycles. The molecule has 0 saturated carbocycles. The molecule has 1 aromatic rings. The number of aliphatic hydroxyl groups excluding tert-OH is 5. The molecule has 7 nitrogen and oxygen atoms in total. The second-order valence-corrected chi connectivity index (χ2v) is 5.80. The van der Waals surface area contributed by atoms with Gasteiger partial charge in [0.1, 0.15) is 24.4 Å². The fraction of sp³-hybridized carbons (Fsp3) is 0.625. The lowest BCUT2D eigenvalue weighted by Gasteiger charge is -2.41. The van der Waals surface area contributed by atoms with Crippen LogP contribution in [0.1, 0.15) is 12.5 Å². The topological polar surface area (TPSA) is 120 Å². The fourth-order valence-electron chi connectivity index (χ4n) is 2.53. The Hall–Kier alpha value is -1.06. The van der Waals surface area contributed by atoms with Crippen molar-refractivity contribution in [3.63, 3.8) is 0 Å². The van der Waals surface area contributed by atoms with Crippen molar-refractivity contribution < 1.29 is 35.0 Å². The minimum absolute atomic E-state index is 0.382. The molecule has 0 bridgehead atoms. The van der Waals surface area contributed by atoms with Crippen molar-refractivity contribution in [3.05, 3.63) is 35.9 Å². The molecular formula is C16H24O7. The lowest BCUT2D eigenvalue weighted by molar-refractivity contribution is -0.316. The van der Waals surface area contributed by atoms with E-state index >= 15 is 0 Å². The third-order valence-electron chi connectivity index (χ3n) is 3.98. The third-order valence-corrected chi connectivity index (χ3v) is 3.98. The molecule has 0 spiro atoms. The van der Waals surface area contributed by atoms with Crippen LogP contribution in [-0.2, 0) is 15.9 Å². The van der Waals surface area contributed by atoms with Crippen molar-refractivity contribution in [2.24, 2.45) is 0 Å². The zero-order valence-electron chi connectivity index (χ0n) is 12.9. The van der Waals surface area contributed by atoms with Crippen molar-refractivity contribution in [1.29, 1.82) is 0 Å². The van der Waals surface area contributed by atoms with Gasteiger partial charge in [0.15, 0.2) is 6.29 Å². The largest absolute Gasteiger partial charge is 0.394 e. The van der Waals surface area contributed by atoms with Crippen LogP contribution in [0.25, 0.3) is 0 Å². The zero-order valence-corrected chi connectivity index (χ0v) is 12.9. The fourth-order valence-corrected chi connectivity index (χ4v) is 2.53. The smallest absolute Gasteiger partial charge is 0.187 e. The summed E-state index contributed by atoms with van der Waals surface area (Å²) >= 11 is 0. The quantitative estimate of drug-likeness (QED) is 0.445. The Morgan fingerprint density at radius 3 is 2.30 bits per heavy atom. The van der Waals surface area contributed by atoms with E-state index in [1.807, 2.05) is 30.3 Å². The molecule has 0 aromatic heterocycles. The molecule has 0 amide bonds. The molecule has 1 aromatic carbocycles. The lowest BCUT2D eigenvalue weighted by Crippen LogP contribution is -2.60. The lowest BCUT2D eigenvalue weighted by atomic mass is 9.99. The molecule has 2 rings (SSSR count). The van der Waals surface area contributed by atoms with Crippen molar-refractivity contribution in [3.8, 4) is 0 Å². The summed E-state index contributed by atoms with van der Waals surface area (Å²) in [6.45, 7) is 1.03. The number of aliphatic hydroxyl groups is 5. The van der Waals surface area contributed by atoms with Gasteiger partial charge in [-0.1, -0.05) is 30.3 Å². The Balaban J connectivity index is 2.06. The first kappa shape index (κ1) is 18.3. The van der Waals surface area contributed by atoms with Gasteiger partial charge in [-0.25, -0.2) is 0 Å². The molecule has 0 aliphatic carbocycles. The van der Waals surface area contributed by atoms with Gasteiger partial charge in [-0.3, -0.25) is 0 Å². The van der Waals surface area contributed by atoms with Crippen LogP contribution < -0.4 is 0 Å². The Labute approximate surface area is 134 Å². The summed E-state index contributed by atoms with van der Waals surface area (Å²) in [5.74, 6) is 0. The van der Waals surface area contributed by atoms with Gasteiger partial charge < -0.3 is 35.0 Å². The van der Waals surface area contributed by atoms with E-state index in [9.17, 15) is 25.5 Å². The third kappa shape index (κ3) is 4.48. The van der Waals surface area contributed by atoms with Crippen molar-refractivity contribution >= 4 is 0 Å². The standard InChI is InChI=1S/C16H24O7/c1-9(18)11(7-10-5-3-2-4-6-10)22-16-15(21)14(20)13(19)12(8-17)23-16/h2-6,9,11-21H,7-8H2,1H3/t9-,11-,12+,13+,14-,15+,16+/m0/s1. The van der Waals surface area contributed by atoms with E-state index in [0.717, 1.165) is 5.56 Å². The van der Waals surface area contributed by atoms with Crippen molar-refractivity contribution in [2.45, 2.75) is 56.3 Å². The highest BCUT2D eigenvalue weighted by Crippen LogP contribution is 2.24. The van der Waals surface area contributed by atoms with E-state index in [1.54, 1.807) is 6.92 Å². The maximum absolute atomic E-state index is 9.99. The Kier molecular flexibility index (Phi) is 6.49. The summed E-state index contributed by atoms with van der Waals surface area (Å²) in [6.07, 6.45) is -7.86. The van der Waals surface area contributed by atoms with Crippen LogP contribution in [0.5, 0.6) is 0 Å². The molecule has 5 N–H and O–H groups in total. The van der Waals surface area contributed by atoms with Gasteiger partial charge in [-0.2, -0.15) is 0 Å². The van der Waals surface area contributed by atoms with Gasteiger partial charge in [0.05, 0.1) is 18.8 Å². The van der Waals surface area contributed by atoms with Crippen LogP contribution in [0.4, 0.5) is 0 Å². The second-order valence-electron chi connectivity index (χ2n) is 5.80. The summed E-state index contributed by atoms with van der Waals surface area (Å²) in [6, 6.07) is 9.36. The summed E-state index contributed by atoms with van der Waals surface area (Å²) < 4.78 is 10.9. The van der Waals surface area contributed by atoms with Crippen LogP contribution in [0.3, 0.4) is 0 Å². The molecule has 1 aliphatic rings. The highest BCUT2D eigenvalue weighted by atomic mass is 16.7. The van der Waals surface area contributed by atoms with Crippen LogP contribution in [0.2, 0.25) is 0 Å². The highest BCUT2D eigenvalue weighted by Gasteiger charge is 2.45.